The summed E-state index contributed by atoms with van der Waals surface area (Å²) in [5.41, 5.74) is -0.655. The Morgan fingerprint density at radius 2 is 1.34 bits per heavy atom. The van der Waals surface area contributed by atoms with Crippen LogP contribution in [0.1, 0.15) is 59.1 Å². The van der Waals surface area contributed by atoms with Crippen LogP contribution in [0.5, 0.6) is 0 Å². The Morgan fingerprint density at radius 3 is 1.86 bits per heavy atom. The molecule has 2 aromatic rings. The molecule has 1 aliphatic rings. The fraction of sp³-hybridized carbons (Fsp3) is 0.444. The number of hydrogen-bond donors (Lipinski definition) is 0. The number of carbonyl (C=O) groups excluding carboxylic acids is 2. The Hall–Kier alpha value is -3.55. The highest BCUT2D eigenvalue weighted by Gasteiger charge is 2.38. The van der Waals surface area contributed by atoms with Gasteiger partial charge in [-0.05, 0) is 47.1 Å². The predicted octanol–water partition coefficient (Wildman–Crippen LogP) is 6.40. The Kier molecular flexibility index (Phi) is 7.73. The molecule has 1 atom stereocenters. The first-order chi connectivity index (χ1) is 16.4. The molecule has 0 bridgehead atoms. The lowest BCUT2D eigenvalue weighted by molar-refractivity contribution is 0.000389. The molecule has 1 heterocycles. The fourth-order valence-corrected chi connectivity index (χ4v) is 3.47. The third-order valence-electron chi connectivity index (χ3n) is 4.97. The maximum absolute atomic E-state index is 13.0. The van der Waals surface area contributed by atoms with E-state index in [4.69, 9.17) is 14.5 Å². The topological polar surface area (TPSA) is 92.9 Å². The predicted molar refractivity (Wildman–Crippen MR) is 135 cm³/mol. The first kappa shape index (κ1) is 26.1. The van der Waals surface area contributed by atoms with Gasteiger partial charge in [0, 0.05) is 24.9 Å². The second-order valence-corrected chi connectivity index (χ2v) is 10.5. The standard InChI is InChI=1S/C27H34N4O4/c1-25(2,3)34-23(32)31(24(33)35-26(4,5)6)18-17-27(19-20-13-9-7-10-14-20)28-22(29-30-27)21-15-11-8-12-16-21/h7-16H,17-19H2,1-6H3. The van der Waals surface area contributed by atoms with Gasteiger partial charge in [-0.2, -0.15) is 5.11 Å². The second-order valence-electron chi connectivity index (χ2n) is 10.5. The minimum absolute atomic E-state index is 0.00124. The summed E-state index contributed by atoms with van der Waals surface area (Å²) >= 11 is 0. The number of hydrogen-bond acceptors (Lipinski definition) is 7. The van der Waals surface area contributed by atoms with E-state index >= 15 is 0 Å². The molecule has 0 fully saturated rings. The van der Waals surface area contributed by atoms with Crippen molar-refractivity contribution in [3.8, 4) is 0 Å². The van der Waals surface area contributed by atoms with E-state index in [0.717, 1.165) is 16.0 Å². The number of amides is 2. The average molecular weight is 479 g/mol. The highest BCUT2D eigenvalue weighted by Crippen LogP contribution is 2.31. The first-order valence-corrected chi connectivity index (χ1v) is 11.7. The van der Waals surface area contributed by atoms with E-state index in [1.807, 2.05) is 60.7 Å². The Balaban J connectivity index is 1.90. The Morgan fingerprint density at radius 1 is 0.829 bits per heavy atom. The number of carbonyl (C=O) groups is 2. The van der Waals surface area contributed by atoms with Gasteiger partial charge >= 0.3 is 12.2 Å². The van der Waals surface area contributed by atoms with Gasteiger partial charge in [-0.3, -0.25) is 0 Å². The third-order valence-corrected chi connectivity index (χ3v) is 4.97. The summed E-state index contributed by atoms with van der Waals surface area (Å²) in [6, 6.07) is 19.4. The zero-order valence-electron chi connectivity index (χ0n) is 21.3. The van der Waals surface area contributed by atoms with Crippen molar-refractivity contribution in [1.82, 2.24) is 4.90 Å². The number of rotatable bonds is 6. The SMILES string of the molecule is CC(C)(C)OC(=O)N(CCC1(Cc2ccccc2)N=NC(c2ccccc2)=N1)C(=O)OC(C)(C)C. The van der Waals surface area contributed by atoms with Crippen LogP contribution < -0.4 is 0 Å². The molecule has 0 aliphatic carbocycles. The Labute approximate surface area is 207 Å². The molecule has 35 heavy (non-hydrogen) atoms. The van der Waals surface area contributed by atoms with Crippen molar-refractivity contribution in [2.75, 3.05) is 6.54 Å². The molecule has 2 amide bonds. The van der Waals surface area contributed by atoms with Gasteiger partial charge in [-0.25, -0.2) is 19.5 Å². The molecule has 0 N–H and O–H groups in total. The fourth-order valence-electron chi connectivity index (χ4n) is 3.47. The molecule has 0 saturated carbocycles. The summed E-state index contributed by atoms with van der Waals surface area (Å²) in [5.74, 6) is 0.516. The molecule has 0 spiro atoms. The molecule has 2 aromatic carbocycles. The maximum Gasteiger partial charge on any atom is 0.419 e. The van der Waals surface area contributed by atoms with E-state index in [2.05, 4.69) is 10.2 Å². The lowest BCUT2D eigenvalue weighted by Gasteiger charge is -2.30. The summed E-state index contributed by atoms with van der Waals surface area (Å²) in [6.07, 6.45) is -0.836. The van der Waals surface area contributed by atoms with Crippen LogP contribution in [0.2, 0.25) is 0 Å². The molecule has 0 aromatic heterocycles. The van der Waals surface area contributed by atoms with Crippen molar-refractivity contribution in [3.05, 3.63) is 71.8 Å². The molecular formula is C27H34N4O4. The van der Waals surface area contributed by atoms with Crippen LogP contribution in [0.4, 0.5) is 9.59 Å². The molecule has 186 valence electrons. The van der Waals surface area contributed by atoms with E-state index < -0.39 is 29.1 Å². The van der Waals surface area contributed by atoms with Crippen molar-refractivity contribution >= 4 is 18.0 Å². The van der Waals surface area contributed by atoms with Crippen LogP contribution in [0, 0.1) is 0 Å². The summed E-state index contributed by atoms with van der Waals surface area (Å²) in [6.45, 7) is 10.5. The van der Waals surface area contributed by atoms with Crippen molar-refractivity contribution < 1.29 is 19.1 Å². The van der Waals surface area contributed by atoms with E-state index in [9.17, 15) is 9.59 Å². The van der Waals surface area contributed by atoms with Crippen LogP contribution >= 0.6 is 0 Å². The van der Waals surface area contributed by atoms with Crippen LogP contribution in [-0.2, 0) is 15.9 Å². The molecule has 3 rings (SSSR count). The molecule has 1 aliphatic heterocycles. The van der Waals surface area contributed by atoms with E-state index in [1.165, 1.54) is 0 Å². The van der Waals surface area contributed by atoms with E-state index in [-0.39, 0.29) is 13.0 Å². The van der Waals surface area contributed by atoms with Gasteiger partial charge in [0.15, 0.2) is 11.5 Å². The van der Waals surface area contributed by atoms with Crippen molar-refractivity contribution in [3.63, 3.8) is 0 Å². The quantitative estimate of drug-likeness (QED) is 0.480. The number of nitrogens with zero attached hydrogens (tertiary/aromatic N) is 4. The summed E-state index contributed by atoms with van der Waals surface area (Å²) < 4.78 is 11.0. The summed E-state index contributed by atoms with van der Waals surface area (Å²) in [5, 5.41) is 8.92. The minimum Gasteiger partial charge on any atom is -0.443 e. The van der Waals surface area contributed by atoms with Crippen LogP contribution in [0.25, 0.3) is 0 Å². The van der Waals surface area contributed by atoms with Gasteiger partial charge in [0.25, 0.3) is 0 Å². The molecule has 1 unspecified atom stereocenters. The van der Waals surface area contributed by atoms with Gasteiger partial charge < -0.3 is 9.47 Å². The lowest BCUT2D eigenvalue weighted by atomic mass is 9.97. The van der Waals surface area contributed by atoms with E-state index in [0.29, 0.717) is 12.3 Å². The summed E-state index contributed by atoms with van der Waals surface area (Å²) in [7, 11) is 0. The van der Waals surface area contributed by atoms with Gasteiger partial charge in [0.1, 0.15) is 11.2 Å². The van der Waals surface area contributed by atoms with Crippen LogP contribution in [0.15, 0.2) is 75.9 Å². The Bertz CT molecular complexity index is 1060. The maximum atomic E-state index is 13.0. The molecule has 0 radical (unpaired) electrons. The monoisotopic (exact) mass is 478 g/mol. The van der Waals surface area contributed by atoms with Crippen LogP contribution in [-0.4, -0.2) is 46.3 Å². The highest BCUT2D eigenvalue weighted by atomic mass is 16.6. The first-order valence-electron chi connectivity index (χ1n) is 11.7. The van der Waals surface area contributed by atoms with Gasteiger partial charge in [0.2, 0.25) is 0 Å². The number of ether oxygens (including phenoxy) is 2. The second kappa shape index (κ2) is 10.4. The molecule has 0 saturated heterocycles. The molecule has 8 nitrogen and oxygen atoms in total. The highest BCUT2D eigenvalue weighted by molar-refractivity contribution is 6.00. The number of aliphatic imine (C=N–C) groups is 1. The molecule has 8 heteroatoms. The van der Waals surface area contributed by atoms with Crippen molar-refractivity contribution in [2.24, 2.45) is 15.2 Å². The van der Waals surface area contributed by atoms with Gasteiger partial charge in [0.05, 0.1) is 0 Å². The van der Waals surface area contributed by atoms with Crippen LogP contribution in [0.3, 0.4) is 0 Å². The largest absolute Gasteiger partial charge is 0.443 e. The van der Waals surface area contributed by atoms with E-state index in [1.54, 1.807) is 41.5 Å². The number of imide groups is 1. The summed E-state index contributed by atoms with van der Waals surface area (Å²) in [4.78, 5) is 31.8. The van der Waals surface area contributed by atoms with Gasteiger partial charge in [-0.1, -0.05) is 60.7 Å². The number of amidine groups is 1. The average Bonchev–Trinajstić information content (AvgIpc) is 3.17. The third kappa shape index (κ3) is 7.73. The lowest BCUT2D eigenvalue weighted by Crippen LogP contribution is -2.45. The number of benzene rings is 2. The number of azo groups is 1. The van der Waals surface area contributed by atoms with Gasteiger partial charge in [-0.15, -0.1) is 5.11 Å². The smallest absolute Gasteiger partial charge is 0.419 e. The zero-order chi connectivity index (χ0) is 25.7. The zero-order valence-corrected chi connectivity index (χ0v) is 21.3. The molecular weight excluding hydrogens is 444 g/mol. The normalized spacial score (nSPS) is 17.6. The van der Waals surface area contributed by atoms with Crippen molar-refractivity contribution in [1.29, 1.82) is 0 Å². The van der Waals surface area contributed by atoms with Crippen molar-refractivity contribution in [2.45, 2.75) is 71.2 Å². The minimum atomic E-state index is -0.977.